The third-order valence-corrected chi connectivity index (χ3v) is 4.82. The standard InChI is InChI=1S/C16H22N6O/c17-16-19-14(21-6-2-1-3-7-21)13-15(20-16)22(10-18-13)12-5-4-11(8-12)9-23/h4-5,10-12,23H,1-3,6-9H2,(H2,17,19,20)/t11-,12+/m0/s1. The first-order valence-electron chi connectivity index (χ1n) is 8.30. The predicted octanol–water partition coefficient (Wildman–Crippen LogP) is 1.51. The Bertz CT molecular complexity index is 733. The Morgan fingerprint density at radius 1 is 1.17 bits per heavy atom. The molecule has 1 aliphatic heterocycles. The van der Waals surface area contributed by atoms with Crippen LogP contribution in [0.3, 0.4) is 0 Å². The number of aliphatic hydroxyl groups excluding tert-OH is 1. The lowest BCUT2D eigenvalue weighted by Gasteiger charge is -2.27. The molecule has 2 aliphatic rings. The molecule has 2 aromatic rings. The van der Waals surface area contributed by atoms with Crippen LogP contribution in [0.4, 0.5) is 11.8 Å². The van der Waals surface area contributed by atoms with E-state index >= 15 is 0 Å². The average molecular weight is 314 g/mol. The number of imidazole rings is 1. The number of aliphatic hydroxyl groups is 1. The predicted molar refractivity (Wildman–Crippen MR) is 89.2 cm³/mol. The number of allylic oxidation sites excluding steroid dienone is 1. The SMILES string of the molecule is Nc1nc(N2CCCCC2)c2ncn([C@@H]3C=C[C@H](CO)C3)c2n1. The number of hydrogen-bond donors (Lipinski definition) is 2. The lowest BCUT2D eigenvalue weighted by molar-refractivity contribution is 0.244. The fourth-order valence-corrected chi connectivity index (χ4v) is 3.58. The van der Waals surface area contributed by atoms with Crippen molar-refractivity contribution in [1.82, 2.24) is 19.5 Å². The molecule has 3 N–H and O–H groups in total. The molecule has 122 valence electrons. The fourth-order valence-electron chi connectivity index (χ4n) is 3.58. The van der Waals surface area contributed by atoms with Crippen molar-refractivity contribution >= 4 is 22.9 Å². The first-order valence-corrected chi connectivity index (χ1v) is 8.30. The molecule has 3 heterocycles. The largest absolute Gasteiger partial charge is 0.396 e. The summed E-state index contributed by atoms with van der Waals surface area (Å²) in [6, 6.07) is 0.167. The van der Waals surface area contributed by atoms with Crippen LogP contribution in [0.1, 0.15) is 31.7 Å². The van der Waals surface area contributed by atoms with Gasteiger partial charge in [0.05, 0.1) is 12.4 Å². The molecule has 1 aliphatic carbocycles. The van der Waals surface area contributed by atoms with Crippen LogP contribution in [-0.2, 0) is 0 Å². The zero-order chi connectivity index (χ0) is 15.8. The highest BCUT2D eigenvalue weighted by Gasteiger charge is 2.24. The Balaban J connectivity index is 1.74. The zero-order valence-electron chi connectivity index (χ0n) is 13.1. The Morgan fingerprint density at radius 2 is 2.00 bits per heavy atom. The number of rotatable bonds is 3. The van der Waals surface area contributed by atoms with Gasteiger partial charge in [-0.25, -0.2) is 4.98 Å². The highest BCUT2D eigenvalue weighted by molar-refractivity contribution is 5.85. The second-order valence-corrected chi connectivity index (χ2v) is 6.41. The summed E-state index contributed by atoms with van der Waals surface area (Å²) < 4.78 is 2.05. The Kier molecular flexibility index (Phi) is 3.65. The lowest BCUT2D eigenvalue weighted by atomic mass is 10.1. The minimum atomic E-state index is 0.167. The van der Waals surface area contributed by atoms with E-state index in [1.54, 1.807) is 0 Å². The van der Waals surface area contributed by atoms with Gasteiger partial charge in [0, 0.05) is 25.6 Å². The highest BCUT2D eigenvalue weighted by Crippen LogP contribution is 2.32. The van der Waals surface area contributed by atoms with Gasteiger partial charge in [0.15, 0.2) is 17.0 Å². The van der Waals surface area contributed by atoms with E-state index in [1.807, 2.05) is 10.9 Å². The van der Waals surface area contributed by atoms with E-state index in [9.17, 15) is 5.11 Å². The van der Waals surface area contributed by atoms with Crippen molar-refractivity contribution in [2.75, 3.05) is 30.3 Å². The molecule has 23 heavy (non-hydrogen) atoms. The van der Waals surface area contributed by atoms with Gasteiger partial charge in [0.2, 0.25) is 5.95 Å². The van der Waals surface area contributed by atoms with Gasteiger partial charge in [-0.15, -0.1) is 0 Å². The Hall–Kier alpha value is -2.15. The molecule has 4 rings (SSSR count). The molecule has 7 heteroatoms. The van der Waals surface area contributed by atoms with Gasteiger partial charge in [0.1, 0.15) is 0 Å². The molecule has 2 atom stereocenters. The Morgan fingerprint density at radius 3 is 2.74 bits per heavy atom. The molecule has 0 bridgehead atoms. The number of piperidine rings is 1. The van der Waals surface area contributed by atoms with Crippen LogP contribution in [0, 0.1) is 5.92 Å². The summed E-state index contributed by atoms with van der Waals surface area (Å²) in [6.45, 7) is 2.17. The van der Waals surface area contributed by atoms with E-state index in [-0.39, 0.29) is 18.6 Å². The van der Waals surface area contributed by atoms with E-state index in [2.05, 4.69) is 32.0 Å². The number of nitrogens with zero attached hydrogens (tertiary/aromatic N) is 5. The van der Waals surface area contributed by atoms with Gasteiger partial charge in [-0.05, 0) is 25.7 Å². The topological polar surface area (TPSA) is 93.1 Å². The number of anilines is 2. The first kappa shape index (κ1) is 14.4. The van der Waals surface area contributed by atoms with Crippen molar-refractivity contribution < 1.29 is 5.11 Å². The van der Waals surface area contributed by atoms with Gasteiger partial charge in [-0.1, -0.05) is 12.2 Å². The molecule has 0 aromatic carbocycles. The maximum Gasteiger partial charge on any atom is 0.224 e. The fraction of sp³-hybridized carbons (Fsp3) is 0.562. The maximum absolute atomic E-state index is 9.32. The van der Waals surface area contributed by atoms with Gasteiger partial charge >= 0.3 is 0 Å². The third-order valence-electron chi connectivity index (χ3n) is 4.82. The molecular formula is C16H22N6O. The van der Waals surface area contributed by atoms with E-state index < -0.39 is 0 Å². The molecule has 7 nitrogen and oxygen atoms in total. The monoisotopic (exact) mass is 314 g/mol. The zero-order valence-corrected chi connectivity index (χ0v) is 13.1. The highest BCUT2D eigenvalue weighted by atomic mass is 16.3. The summed E-state index contributed by atoms with van der Waals surface area (Å²) >= 11 is 0. The molecule has 0 radical (unpaired) electrons. The minimum absolute atomic E-state index is 0.167. The molecule has 1 saturated heterocycles. The number of aromatic nitrogens is 4. The van der Waals surface area contributed by atoms with Gasteiger partial charge in [-0.2, -0.15) is 9.97 Å². The van der Waals surface area contributed by atoms with Crippen LogP contribution in [0.5, 0.6) is 0 Å². The van der Waals surface area contributed by atoms with Crippen LogP contribution < -0.4 is 10.6 Å². The van der Waals surface area contributed by atoms with E-state index in [1.165, 1.54) is 19.3 Å². The first-order chi connectivity index (χ1) is 11.3. The number of hydrogen-bond acceptors (Lipinski definition) is 6. The van der Waals surface area contributed by atoms with E-state index in [4.69, 9.17) is 5.73 Å². The smallest absolute Gasteiger partial charge is 0.224 e. The lowest BCUT2D eigenvalue weighted by Crippen LogP contribution is -2.30. The number of nitrogen functional groups attached to an aromatic ring is 1. The van der Waals surface area contributed by atoms with Gasteiger partial charge in [-0.3, -0.25) is 0 Å². The molecule has 0 unspecified atom stereocenters. The number of nitrogens with two attached hydrogens (primary N) is 1. The molecular weight excluding hydrogens is 292 g/mol. The van der Waals surface area contributed by atoms with Crippen molar-refractivity contribution in [3.8, 4) is 0 Å². The molecule has 0 spiro atoms. The molecule has 0 saturated carbocycles. The summed E-state index contributed by atoms with van der Waals surface area (Å²) in [5, 5.41) is 9.32. The summed E-state index contributed by atoms with van der Waals surface area (Å²) in [6.07, 6.45) is 10.5. The van der Waals surface area contributed by atoms with Crippen LogP contribution >= 0.6 is 0 Å². The second-order valence-electron chi connectivity index (χ2n) is 6.41. The van der Waals surface area contributed by atoms with Crippen molar-refractivity contribution in [2.24, 2.45) is 5.92 Å². The third kappa shape index (κ3) is 2.55. The summed E-state index contributed by atoms with van der Waals surface area (Å²) in [7, 11) is 0. The molecule has 2 aromatic heterocycles. The van der Waals surface area contributed by atoms with Crippen molar-refractivity contribution in [1.29, 1.82) is 0 Å². The number of fused-ring (bicyclic) bond motifs is 1. The molecule has 1 fully saturated rings. The van der Waals surface area contributed by atoms with Crippen LogP contribution in [0.2, 0.25) is 0 Å². The van der Waals surface area contributed by atoms with Crippen LogP contribution in [-0.4, -0.2) is 44.3 Å². The van der Waals surface area contributed by atoms with Crippen LogP contribution in [0.25, 0.3) is 11.2 Å². The quantitative estimate of drug-likeness (QED) is 0.834. The van der Waals surface area contributed by atoms with Crippen molar-refractivity contribution in [3.63, 3.8) is 0 Å². The van der Waals surface area contributed by atoms with Gasteiger partial charge < -0.3 is 20.3 Å². The summed E-state index contributed by atoms with van der Waals surface area (Å²) in [5.41, 5.74) is 7.57. The Labute approximate surface area is 134 Å². The molecule has 0 amide bonds. The normalized spacial score (nSPS) is 24.7. The van der Waals surface area contributed by atoms with E-state index in [0.717, 1.165) is 36.5 Å². The van der Waals surface area contributed by atoms with E-state index in [0.29, 0.717) is 5.95 Å². The minimum Gasteiger partial charge on any atom is -0.396 e. The summed E-state index contributed by atoms with van der Waals surface area (Å²) in [4.78, 5) is 15.7. The van der Waals surface area contributed by atoms with Gasteiger partial charge in [0.25, 0.3) is 0 Å². The second kappa shape index (κ2) is 5.81. The summed E-state index contributed by atoms with van der Waals surface area (Å²) in [5.74, 6) is 1.35. The van der Waals surface area contributed by atoms with Crippen LogP contribution in [0.15, 0.2) is 18.5 Å². The average Bonchev–Trinajstić information content (AvgIpc) is 3.21. The van der Waals surface area contributed by atoms with Crippen molar-refractivity contribution in [2.45, 2.75) is 31.7 Å². The van der Waals surface area contributed by atoms with Crippen molar-refractivity contribution in [3.05, 3.63) is 18.5 Å². The maximum atomic E-state index is 9.32.